The van der Waals surface area contributed by atoms with Gasteiger partial charge >= 0.3 is 0 Å². The number of allylic oxidation sites excluding steroid dienone is 2. The Kier molecular flexibility index (Phi) is 12.6. The van der Waals surface area contributed by atoms with Crippen LogP contribution in [-0.4, -0.2) is 33.9 Å². The lowest BCUT2D eigenvalue weighted by atomic mass is 9.95. The number of nitrogens with one attached hydrogen (secondary N) is 2. The highest BCUT2D eigenvalue weighted by atomic mass is 35.5. The van der Waals surface area contributed by atoms with Crippen LogP contribution in [-0.2, 0) is 0 Å². The second kappa shape index (κ2) is 15.4. The lowest BCUT2D eigenvalue weighted by molar-refractivity contribution is 0.320. The van der Waals surface area contributed by atoms with Gasteiger partial charge in [0, 0.05) is 16.3 Å². The van der Waals surface area contributed by atoms with Crippen LogP contribution in [0.5, 0.6) is 0 Å². The molecule has 1 fully saturated rings. The van der Waals surface area contributed by atoms with Crippen LogP contribution in [0.4, 0.5) is 14.5 Å². The molecule has 0 amide bonds. The lowest BCUT2D eigenvalue weighted by Crippen LogP contribution is -2.37. The molecule has 0 radical (unpaired) electrons. The molecule has 2 N–H and O–H groups in total. The molecule has 196 valence electrons. The Morgan fingerprint density at radius 1 is 1.08 bits per heavy atom. The highest BCUT2D eigenvalue weighted by molar-refractivity contribution is 6.34. The molecule has 0 atom stereocenters. The summed E-state index contributed by atoms with van der Waals surface area (Å²) in [6, 6.07) is 1.66. The van der Waals surface area contributed by atoms with Gasteiger partial charge < -0.3 is 9.99 Å². The summed E-state index contributed by atoms with van der Waals surface area (Å²) >= 11 is 6.40. The maximum atomic E-state index is 12.7. The molecule has 36 heavy (non-hydrogen) atoms. The molecule has 9 heteroatoms. The van der Waals surface area contributed by atoms with Crippen molar-refractivity contribution in [1.29, 1.82) is 5.26 Å². The number of alkyl halides is 2. The zero-order chi connectivity index (χ0) is 26.5. The third kappa shape index (κ3) is 6.92. The number of hydrogen-bond acceptors (Lipinski definition) is 5. The van der Waals surface area contributed by atoms with E-state index in [-0.39, 0.29) is 6.04 Å². The highest BCUT2D eigenvalue weighted by Crippen LogP contribution is 2.31. The first-order valence-corrected chi connectivity index (χ1v) is 13.2. The van der Waals surface area contributed by atoms with Gasteiger partial charge in [0.1, 0.15) is 25.1 Å². The van der Waals surface area contributed by atoms with Crippen LogP contribution in [0.1, 0.15) is 77.8 Å². The van der Waals surface area contributed by atoms with E-state index < -0.39 is 19.4 Å². The number of hydrazine groups is 1. The van der Waals surface area contributed by atoms with E-state index in [2.05, 4.69) is 31.5 Å². The maximum absolute atomic E-state index is 12.7. The van der Waals surface area contributed by atoms with Crippen LogP contribution in [0, 0.1) is 11.3 Å². The maximum Gasteiger partial charge on any atom is 0.177 e. The molecular weight excluding hydrogens is 482 g/mol. The summed E-state index contributed by atoms with van der Waals surface area (Å²) in [5.41, 5.74) is 6.99. The minimum absolute atomic E-state index is 0.236. The van der Waals surface area contributed by atoms with Crippen LogP contribution in [0.3, 0.4) is 0 Å². The van der Waals surface area contributed by atoms with Crippen molar-refractivity contribution in [2.75, 3.05) is 18.8 Å². The molecule has 0 unspecified atom stereocenters. The fourth-order valence-corrected chi connectivity index (χ4v) is 4.52. The molecule has 4 rings (SSSR count). The monoisotopic (exact) mass is 518 g/mol. The zero-order valence-corrected chi connectivity index (χ0v) is 22.4. The number of nitriles is 1. The summed E-state index contributed by atoms with van der Waals surface area (Å²) in [5, 5.41) is 12.5. The van der Waals surface area contributed by atoms with E-state index in [0.29, 0.717) is 34.2 Å². The van der Waals surface area contributed by atoms with Gasteiger partial charge in [-0.3, -0.25) is 0 Å². The molecule has 0 spiro atoms. The van der Waals surface area contributed by atoms with Gasteiger partial charge in [-0.1, -0.05) is 70.7 Å². The molecule has 2 heterocycles. The van der Waals surface area contributed by atoms with Crippen molar-refractivity contribution in [2.45, 2.75) is 78.3 Å². The molecule has 6 nitrogen and oxygen atoms in total. The summed E-state index contributed by atoms with van der Waals surface area (Å²) in [6.45, 7) is 6.33. The molecular formula is C27H37ClF2N6. The van der Waals surface area contributed by atoms with Crippen molar-refractivity contribution in [2.24, 2.45) is 0 Å². The molecule has 2 aliphatic rings. The largest absolute Gasteiger partial charge is 0.334 e. The van der Waals surface area contributed by atoms with E-state index in [1.54, 1.807) is 0 Å². The smallest absolute Gasteiger partial charge is 0.177 e. The Morgan fingerprint density at radius 3 is 2.31 bits per heavy atom. The van der Waals surface area contributed by atoms with Gasteiger partial charge in [0.15, 0.2) is 5.82 Å². The quantitative estimate of drug-likeness (QED) is 0.461. The number of anilines is 1. The van der Waals surface area contributed by atoms with Gasteiger partial charge in [-0.05, 0) is 25.3 Å². The minimum Gasteiger partial charge on any atom is -0.334 e. The second-order valence-electron chi connectivity index (χ2n) is 8.04. The predicted octanol–water partition coefficient (Wildman–Crippen LogP) is 5.69. The number of aromatic nitrogens is 3. The molecule has 0 saturated heterocycles. The zero-order valence-electron chi connectivity index (χ0n) is 21.6. The number of fused-ring (bicyclic) bond motifs is 1. The SMILES string of the molecule is CC.CC.N#Cc1c(-c2ncc(NNC(CF)CF)cn2)n(C2CCCCC2)c2c1=CCC=C(Cl)C=2. The number of halogens is 3. The van der Waals surface area contributed by atoms with Crippen LogP contribution >= 0.6 is 11.6 Å². The fraction of sp³-hybridized carbons (Fsp3) is 0.519. The fourth-order valence-electron chi connectivity index (χ4n) is 4.33. The summed E-state index contributed by atoms with van der Waals surface area (Å²) < 4.78 is 27.6. The van der Waals surface area contributed by atoms with Gasteiger partial charge in [0.05, 0.1) is 35.0 Å². The molecule has 2 aromatic rings. The van der Waals surface area contributed by atoms with Crippen LogP contribution in [0.25, 0.3) is 23.7 Å². The predicted molar refractivity (Wildman–Crippen MR) is 144 cm³/mol. The van der Waals surface area contributed by atoms with Crippen LogP contribution in [0.15, 0.2) is 23.5 Å². The van der Waals surface area contributed by atoms with Crippen molar-refractivity contribution in [3.8, 4) is 17.6 Å². The van der Waals surface area contributed by atoms with E-state index >= 15 is 0 Å². The van der Waals surface area contributed by atoms with E-state index in [0.717, 1.165) is 36.3 Å². The van der Waals surface area contributed by atoms with E-state index in [1.165, 1.54) is 18.8 Å². The van der Waals surface area contributed by atoms with E-state index in [9.17, 15) is 14.0 Å². The second-order valence-corrected chi connectivity index (χ2v) is 8.48. The first-order chi connectivity index (χ1) is 17.7. The Labute approximate surface area is 217 Å². The molecule has 1 saturated carbocycles. The van der Waals surface area contributed by atoms with Crippen molar-refractivity contribution in [1.82, 2.24) is 20.0 Å². The third-order valence-electron chi connectivity index (χ3n) is 5.90. The summed E-state index contributed by atoms with van der Waals surface area (Å²) in [6.07, 6.45) is 15.1. The Hall–Kier alpha value is -2.76. The summed E-state index contributed by atoms with van der Waals surface area (Å²) in [4.78, 5) is 8.96. The van der Waals surface area contributed by atoms with Crippen molar-refractivity contribution in [3.05, 3.63) is 39.6 Å². The number of nitrogens with zero attached hydrogens (tertiary/aromatic N) is 4. The van der Waals surface area contributed by atoms with Gasteiger partial charge in [0.25, 0.3) is 0 Å². The Bertz CT molecular complexity index is 1140. The summed E-state index contributed by atoms with van der Waals surface area (Å²) in [7, 11) is 0. The highest BCUT2D eigenvalue weighted by Gasteiger charge is 2.26. The van der Waals surface area contributed by atoms with Crippen molar-refractivity contribution in [3.63, 3.8) is 0 Å². The van der Waals surface area contributed by atoms with Crippen LogP contribution in [0.2, 0.25) is 0 Å². The van der Waals surface area contributed by atoms with Crippen molar-refractivity contribution >= 4 is 29.4 Å². The average Bonchev–Trinajstić information content (AvgIpc) is 3.11. The first kappa shape index (κ1) is 29.5. The number of rotatable bonds is 7. The molecule has 0 aromatic carbocycles. The van der Waals surface area contributed by atoms with Gasteiger partial charge in [-0.25, -0.2) is 24.2 Å². The van der Waals surface area contributed by atoms with Gasteiger partial charge in [-0.2, -0.15) is 5.26 Å². The van der Waals surface area contributed by atoms with Gasteiger partial charge in [-0.15, -0.1) is 0 Å². The summed E-state index contributed by atoms with van der Waals surface area (Å²) in [5.74, 6) is 0.431. The van der Waals surface area contributed by atoms with Crippen molar-refractivity contribution < 1.29 is 8.78 Å². The third-order valence-corrected chi connectivity index (χ3v) is 6.16. The topological polar surface area (TPSA) is 78.6 Å². The Morgan fingerprint density at radius 2 is 1.72 bits per heavy atom. The average molecular weight is 519 g/mol. The van der Waals surface area contributed by atoms with E-state index in [4.69, 9.17) is 11.6 Å². The molecule has 2 aliphatic carbocycles. The molecule has 2 aromatic heterocycles. The lowest BCUT2D eigenvalue weighted by Gasteiger charge is -2.26. The van der Waals surface area contributed by atoms with Crippen LogP contribution < -0.4 is 21.4 Å². The van der Waals surface area contributed by atoms with Gasteiger partial charge in [0.2, 0.25) is 0 Å². The Balaban J connectivity index is 0.00000109. The minimum atomic E-state index is -0.942. The first-order valence-electron chi connectivity index (χ1n) is 12.8. The normalized spacial score (nSPS) is 14.9. The van der Waals surface area contributed by atoms with E-state index in [1.807, 2.05) is 45.9 Å². The number of hydrogen-bond donors (Lipinski definition) is 2. The molecule has 0 bridgehead atoms. The molecule has 0 aliphatic heterocycles. The standard InChI is InChI=1S/C23H25ClF2N6.2C2H6/c24-15-5-4-8-19-20(12-27)22(32(21(19)9-15)18-6-2-1-3-7-18)23-28-13-17(14-29-23)31-30-16(10-25)11-26;2*1-2/h5,8-9,13-14,16,18,30-31H,1-4,6-7,10-11H2;2*1-2H3.